The summed E-state index contributed by atoms with van der Waals surface area (Å²) in [6, 6.07) is 14.4. The number of nitrogens with one attached hydrogen (secondary N) is 2. The lowest BCUT2D eigenvalue weighted by Gasteiger charge is -2.10. The minimum Gasteiger partial charge on any atom is -0.493 e. The van der Waals surface area contributed by atoms with Gasteiger partial charge in [0.1, 0.15) is 0 Å². The first-order chi connectivity index (χ1) is 11.3. The molecule has 0 aromatic heterocycles. The van der Waals surface area contributed by atoms with Gasteiger partial charge >= 0.3 is 0 Å². The Labute approximate surface area is 148 Å². The molecule has 1 heterocycles. The normalized spacial score (nSPS) is 12.7. The van der Waals surface area contributed by atoms with Gasteiger partial charge in [-0.15, -0.1) is 12.4 Å². The summed E-state index contributed by atoms with van der Waals surface area (Å²) in [5.74, 6) is 2.35. The molecule has 3 rings (SSSR count). The fraction of sp³-hybridized carbons (Fsp3) is 0.278. The van der Waals surface area contributed by atoms with Crippen molar-refractivity contribution in [2.45, 2.75) is 6.42 Å². The van der Waals surface area contributed by atoms with Crippen LogP contribution in [0.3, 0.4) is 0 Å². The van der Waals surface area contributed by atoms with Crippen molar-refractivity contribution in [1.29, 1.82) is 0 Å². The topological polar surface area (TPSA) is 54.9 Å². The van der Waals surface area contributed by atoms with Crippen molar-refractivity contribution in [3.05, 3.63) is 53.6 Å². The van der Waals surface area contributed by atoms with Crippen molar-refractivity contribution in [2.75, 3.05) is 32.6 Å². The van der Waals surface area contributed by atoms with Crippen molar-refractivity contribution in [3.8, 4) is 11.5 Å². The number of halogens is 1. The standard InChI is InChI=1S/C18H21N3O2.ClH/c1-22-16-8-5-14(12-17(16)23-2)11-13-3-6-15(7-4-13)21-18-19-9-10-20-18;/h3-8,12H,9-11H2,1-2H3,(H2,19,20,21);1H. The van der Waals surface area contributed by atoms with Crippen molar-refractivity contribution in [3.63, 3.8) is 0 Å². The Balaban J connectivity index is 0.00000208. The molecule has 128 valence electrons. The lowest BCUT2D eigenvalue weighted by atomic mass is 10.0. The van der Waals surface area contributed by atoms with Crippen molar-refractivity contribution < 1.29 is 9.47 Å². The number of rotatable bonds is 5. The first-order valence-electron chi connectivity index (χ1n) is 7.63. The molecule has 0 fully saturated rings. The number of benzene rings is 2. The molecule has 2 aromatic rings. The zero-order valence-electron chi connectivity index (χ0n) is 13.8. The van der Waals surface area contributed by atoms with Crippen LogP contribution in [0.25, 0.3) is 0 Å². The van der Waals surface area contributed by atoms with E-state index in [1.165, 1.54) is 11.1 Å². The molecule has 5 nitrogen and oxygen atoms in total. The maximum atomic E-state index is 5.35. The quantitative estimate of drug-likeness (QED) is 0.872. The first kappa shape index (κ1) is 17.9. The van der Waals surface area contributed by atoms with Gasteiger partial charge in [0, 0.05) is 12.2 Å². The number of hydrogen-bond donors (Lipinski definition) is 2. The van der Waals surface area contributed by atoms with Crippen LogP contribution in [0.5, 0.6) is 11.5 Å². The van der Waals surface area contributed by atoms with Gasteiger partial charge in [0.15, 0.2) is 17.5 Å². The highest BCUT2D eigenvalue weighted by molar-refractivity contribution is 5.94. The third-order valence-corrected chi connectivity index (χ3v) is 3.75. The minimum absolute atomic E-state index is 0. The molecule has 0 saturated heterocycles. The molecule has 24 heavy (non-hydrogen) atoms. The molecule has 0 amide bonds. The molecular formula is C18H22ClN3O2. The second-order valence-corrected chi connectivity index (χ2v) is 5.35. The monoisotopic (exact) mass is 347 g/mol. The zero-order valence-corrected chi connectivity index (χ0v) is 14.7. The third-order valence-electron chi connectivity index (χ3n) is 3.75. The average molecular weight is 348 g/mol. The van der Waals surface area contributed by atoms with E-state index in [1.807, 2.05) is 12.1 Å². The SMILES string of the molecule is COc1ccc(Cc2ccc(NC3=NCCN3)cc2)cc1OC.Cl. The molecular weight excluding hydrogens is 326 g/mol. The van der Waals surface area contributed by atoms with Crippen molar-refractivity contribution in [1.82, 2.24) is 5.32 Å². The van der Waals surface area contributed by atoms with Gasteiger partial charge in [0.05, 0.1) is 20.8 Å². The van der Waals surface area contributed by atoms with Gasteiger partial charge in [-0.2, -0.15) is 0 Å². The molecule has 0 radical (unpaired) electrons. The highest BCUT2D eigenvalue weighted by Crippen LogP contribution is 2.28. The summed E-state index contributed by atoms with van der Waals surface area (Å²) < 4.78 is 10.6. The van der Waals surface area contributed by atoms with E-state index in [9.17, 15) is 0 Å². The van der Waals surface area contributed by atoms with Crippen LogP contribution in [0, 0.1) is 0 Å². The Bertz CT molecular complexity index is 702. The molecule has 0 aliphatic carbocycles. The van der Waals surface area contributed by atoms with Gasteiger partial charge in [0.25, 0.3) is 0 Å². The molecule has 0 saturated carbocycles. The largest absolute Gasteiger partial charge is 0.493 e. The van der Waals surface area contributed by atoms with Gasteiger partial charge in [-0.1, -0.05) is 18.2 Å². The highest BCUT2D eigenvalue weighted by Gasteiger charge is 2.07. The number of methoxy groups -OCH3 is 2. The summed E-state index contributed by atoms with van der Waals surface area (Å²) in [7, 11) is 3.30. The van der Waals surface area contributed by atoms with Gasteiger partial charge in [-0.05, 0) is 41.8 Å². The summed E-state index contributed by atoms with van der Waals surface area (Å²) in [5, 5.41) is 6.46. The van der Waals surface area contributed by atoms with E-state index >= 15 is 0 Å². The average Bonchev–Trinajstić information content (AvgIpc) is 3.09. The smallest absolute Gasteiger partial charge is 0.195 e. The molecule has 1 aliphatic heterocycles. The van der Waals surface area contributed by atoms with Gasteiger partial charge in [-0.3, -0.25) is 4.99 Å². The van der Waals surface area contributed by atoms with E-state index in [4.69, 9.17) is 9.47 Å². The van der Waals surface area contributed by atoms with E-state index in [0.29, 0.717) is 0 Å². The molecule has 2 aromatic carbocycles. The molecule has 2 N–H and O–H groups in total. The van der Waals surface area contributed by atoms with Crippen LogP contribution in [0.2, 0.25) is 0 Å². The summed E-state index contributed by atoms with van der Waals surface area (Å²) >= 11 is 0. The molecule has 0 bridgehead atoms. The summed E-state index contributed by atoms with van der Waals surface area (Å²) in [5.41, 5.74) is 3.46. The fourth-order valence-corrected chi connectivity index (χ4v) is 2.55. The Kier molecular flexibility index (Phi) is 6.32. The predicted octanol–water partition coefficient (Wildman–Crippen LogP) is 3.09. The van der Waals surface area contributed by atoms with E-state index in [0.717, 1.165) is 42.7 Å². The summed E-state index contributed by atoms with van der Waals surface area (Å²) in [6.07, 6.45) is 0.847. The van der Waals surface area contributed by atoms with Crippen molar-refractivity contribution >= 4 is 24.1 Å². The molecule has 1 aliphatic rings. The Morgan fingerprint density at radius 3 is 2.33 bits per heavy atom. The molecule has 0 spiro atoms. The number of guanidine groups is 1. The zero-order chi connectivity index (χ0) is 16.1. The van der Waals surface area contributed by atoms with Gasteiger partial charge in [0.2, 0.25) is 0 Å². The third kappa shape index (κ3) is 4.32. The number of nitrogens with zero attached hydrogens (tertiary/aromatic N) is 1. The maximum absolute atomic E-state index is 5.35. The molecule has 6 heteroatoms. The van der Waals surface area contributed by atoms with Crippen LogP contribution in [0.1, 0.15) is 11.1 Å². The second kappa shape index (κ2) is 8.45. The Hall–Kier alpha value is -2.40. The Morgan fingerprint density at radius 2 is 1.71 bits per heavy atom. The number of anilines is 1. The number of hydrogen-bond acceptors (Lipinski definition) is 5. The van der Waals surface area contributed by atoms with Crippen LogP contribution in [0.4, 0.5) is 5.69 Å². The number of aliphatic imine (C=N–C) groups is 1. The molecule has 0 unspecified atom stereocenters. The lowest BCUT2D eigenvalue weighted by molar-refractivity contribution is 0.354. The minimum atomic E-state index is 0. The van der Waals surface area contributed by atoms with Crippen LogP contribution < -0.4 is 20.1 Å². The van der Waals surface area contributed by atoms with Crippen LogP contribution in [0.15, 0.2) is 47.5 Å². The van der Waals surface area contributed by atoms with Gasteiger partial charge < -0.3 is 20.1 Å². The van der Waals surface area contributed by atoms with E-state index < -0.39 is 0 Å². The van der Waals surface area contributed by atoms with Crippen molar-refractivity contribution in [2.24, 2.45) is 4.99 Å². The van der Waals surface area contributed by atoms with E-state index in [-0.39, 0.29) is 12.4 Å². The van der Waals surface area contributed by atoms with Crippen LogP contribution in [-0.4, -0.2) is 33.3 Å². The second-order valence-electron chi connectivity index (χ2n) is 5.35. The first-order valence-corrected chi connectivity index (χ1v) is 7.63. The fourth-order valence-electron chi connectivity index (χ4n) is 2.55. The maximum Gasteiger partial charge on any atom is 0.195 e. The Morgan fingerprint density at radius 1 is 1.00 bits per heavy atom. The summed E-state index contributed by atoms with van der Waals surface area (Å²) in [4.78, 5) is 4.33. The molecule has 0 atom stereocenters. The lowest BCUT2D eigenvalue weighted by Crippen LogP contribution is -2.26. The highest BCUT2D eigenvalue weighted by atomic mass is 35.5. The predicted molar refractivity (Wildman–Crippen MR) is 100.0 cm³/mol. The van der Waals surface area contributed by atoms with Gasteiger partial charge in [-0.25, -0.2) is 0 Å². The van der Waals surface area contributed by atoms with E-state index in [2.05, 4.69) is 46.0 Å². The van der Waals surface area contributed by atoms with Crippen LogP contribution >= 0.6 is 12.4 Å². The van der Waals surface area contributed by atoms with E-state index in [1.54, 1.807) is 14.2 Å². The van der Waals surface area contributed by atoms with Crippen LogP contribution in [-0.2, 0) is 6.42 Å². The summed E-state index contributed by atoms with van der Waals surface area (Å²) in [6.45, 7) is 1.74. The number of ether oxygens (including phenoxy) is 2.